The third-order valence-electron chi connectivity index (χ3n) is 4.22. The van der Waals surface area contributed by atoms with E-state index < -0.39 is 10.8 Å². The Hall–Kier alpha value is -3.58. The van der Waals surface area contributed by atoms with Crippen LogP contribution in [0.15, 0.2) is 66.7 Å². The monoisotopic (exact) mass is 391 g/mol. The van der Waals surface area contributed by atoms with Gasteiger partial charge in [-0.05, 0) is 47.6 Å². The van der Waals surface area contributed by atoms with E-state index in [0.29, 0.717) is 11.3 Å². The van der Waals surface area contributed by atoms with Gasteiger partial charge in [-0.1, -0.05) is 48.5 Å². The van der Waals surface area contributed by atoms with E-state index in [0.717, 1.165) is 16.3 Å². The second-order valence-corrected chi connectivity index (χ2v) is 6.46. The average Bonchev–Trinajstić information content (AvgIpc) is 2.67. The highest BCUT2D eigenvalue weighted by Gasteiger charge is 2.14. The first kappa shape index (κ1) is 19.2. The summed E-state index contributed by atoms with van der Waals surface area (Å²) in [6.45, 7) is 1.62. The van der Waals surface area contributed by atoms with Gasteiger partial charge in [-0.15, -0.1) is 0 Å². The van der Waals surface area contributed by atoms with Gasteiger partial charge in [0.15, 0.2) is 5.11 Å². The van der Waals surface area contributed by atoms with Gasteiger partial charge >= 0.3 is 0 Å². The Morgan fingerprint density at radius 3 is 2.57 bits per heavy atom. The fourth-order valence-corrected chi connectivity index (χ4v) is 3.04. The van der Waals surface area contributed by atoms with Gasteiger partial charge in [-0.25, -0.2) is 0 Å². The summed E-state index contributed by atoms with van der Waals surface area (Å²) in [6, 6.07) is 18.4. The van der Waals surface area contributed by atoms with E-state index in [1.807, 2.05) is 42.5 Å². The van der Waals surface area contributed by atoms with Crippen LogP contribution in [0.1, 0.15) is 11.1 Å². The summed E-state index contributed by atoms with van der Waals surface area (Å²) in [5.41, 5.74) is 1.81. The summed E-state index contributed by atoms with van der Waals surface area (Å²) in [5.74, 6) is -0.395. The van der Waals surface area contributed by atoms with Crippen molar-refractivity contribution in [3.05, 3.63) is 88.0 Å². The van der Waals surface area contributed by atoms with Crippen LogP contribution in [0.25, 0.3) is 16.8 Å². The zero-order chi connectivity index (χ0) is 20.1. The molecule has 0 bridgehead atoms. The first-order valence-electron chi connectivity index (χ1n) is 8.47. The molecule has 140 valence electrons. The fourth-order valence-electron chi connectivity index (χ4n) is 2.83. The number of hydrogen-bond donors (Lipinski definition) is 2. The van der Waals surface area contributed by atoms with E-state index in [9.17, 15) is 14.9 Å². The minimum absolute atomic E-state index is 0.0185. The van der Waals surface area contributed by atoms with E-state index >= 15 is 0 Å². The third kappa shape index (κ3) is 4.39. The standard InChI is InChI=1S/C21H17N3O3S/c1-14-18(10-5-11-19(14)24(26)27)22-21(28)23-20(25)13-12-16-8-4-7-15-6-2-3-9-17(15)16/h2-13H,1H3,(H2,22,23,25,28). The molecule has 7 heteroatoms. The Labute approximate surface area is 167 Å². The molecule has 3 aromatic carbocycles. The van der Waals surface area contributed by atoms with Gasteiger partial charge in [-0.2, -0.15) is 0 Å². The quantitative estimate of drug-likeness (QED) is 0.294. The number of hydrogen-bond acceptors (Lipinski definition) is 4. The largest absolute Gasteiger partial charge is 0.332 e. The molecule has 0 fully saturated rings. The maximum Gasteiger partial charge on any atom is 0.274 e. The van der Waals surface area contributed by atoms with Crippen LogP contribution in [-0.4, -0.2) is 15.9 Å². The molecule has 0 aliphatic heterocycles. The molecular formula is C21H17N3O3S. The van der Waals surface area contributed by atoms with Gasteiger partial charge < -0.3 is 5.32 Å². The molecule has 3 rings (SSSR count). The van der Waals surface area contributed by atoms with E-state index in [-0.39, 0.29) is 10.8 Å². The van der Waals surface area contributed by atoms with Crippen molar-refractivity contribution in [2.45, 2.75) is 6.92 Å². The summed E-state index contributed by atoms with van der Waals surface area (Å²) in [5, 5.41) is 18.6. The zero-order valence-electron chi connectivity index (χ0n) is 15.0. The van der Waals surface area contributed by atoms with Crippen LogP contribution < -0.4 is 10.6 Å². The first-order chi connectivity index (χ1) is 13.5. The maximum absolute atomic E-state index is 12.2. The lowest BCUT2D eigenvalue weighted by Gasteiger charge is -2.10. The highest BCUT2D eigenvalue weighted by atomic mass is 32.1. The number of nitro benzene ring substituents is 1. The van der Waals surface area contributed by atoms with Gasteiger partial charge in [0.25, 0.3) is 5.69 Å². The molecule has 0 aliphatic carbocycles. The lowest BCUT2D eigenvalue weighted by atomic mass is 10.0. The van der Waals surface area contributed by atoms with Gasteiger partial charge in [0.2, 0.25) is 5.91 Å². The van der Waals surface area contributed by atoms with Crippen LogP contribution in [-0.2, 0) is 4.79 Å². The number of nitrogens with one attached hydrogen (secondary N) is 2. The van der Waals surface area contributed by atoms with E-state index in [4.69, 9.17) is 12.2 Å². The Bertz CT molecular complexity index is 1100. The molecule has 28 heavy (non-hydrogen) atoms. The first-order valence-corrected chi connectivity index (χ1v) is 8.88. The van der Waals surface area contributed by atoms with Crippen LogP contribution in [0.4, 0.5) is 11.4 Å². The molecular weight excluding hydrogens is 374 g/mol. The van der Waals surface area contributed by atoms with Gasteiger partial charge in [-0.3, -0.25) is 20.2 Å². The molecule has 3 aromatic rings. The Morgan fingerprint density at radius 1 is 1.07 bits per heavy atom. The SMILES string of the molecule is Cc1c(NC(=S)NC(=O)C=Cc2cccc3ccccc23)cccc1[N+](=O)[O-]. The van der Waals surface area contributed by atoms with Crippen molar-refractivity contribution in [2.75, 3.05) is 5.32 Å². The summed E-state index contributed by atoms with van der Waals surface area (Å²) in [6.07, 6.45) is 3.12. The average molecular weight is 391 g/mol. The normalized spacial score (nSPS) is 10.8. The summed E-state index contributed by atoms with van der Waals surface area (Å²) in [4.78, 5) is 22.7. The lowest BCUT2D eigenvalue weighted by Crippen LogP contribution is -2.33. The minimum Gasteiger partial charge on any atom is -0.332 e. The Kier molecular flexibility index (Phi) is 5.76. The van der Waals surface area contributed by atoms with Gasteiger partial charge in [0.05, 0.1) is 16.2 Å². The van der Waals surface area contributed by atoms with Crippen LogP contribution in [0.2, 0.25) is 0 Å². The molecule has 0 aromatic heterocycles. The van der Waals surface area contributed by atoms with Crippen LogP contribution in [0.5, 0.6) is 0 Å². The second-order valence-electron chi connectivity index (χ2n) is 6.05. The Balaban J connectivity index is 1.68. The number of thiocarbonyl (C=S) groups is 1. The highest BCUT2D eigenvalue weighted by molar-refractivity contribution is 7.80. The highest BCUT2D eigenvalue weighted by Crippen LogP contribution is 2.25. The van der Waals surface area contributed by atoms with Crippen molar-refractivity contribution < 1.29 is 9.72 Å². The number of nitro groups is 1. The van der Waals surface area contributed by atoms with Crippen molar-refractivity contribution in [3.63, 3.8) is 0 Å². The third-order valence-corrected chi connectivity index (χ3v) is 4.43. The topological polar surface area (TPSA) is 84.3 Å². The number of anilines is 1. The number of amides is 1. The molecule has 0 unspecified atom stereocenters. The number of nitrogens with zero attached hydrogens (tertiary/aromatic N) is 1. The molecule has 0 atom stereocenters. The number of benzene rings is 3. The molecule has 0 saturated carbocycles. The second kappa shape index (κ2) is 8.41. The summed E-state index contributed by atoms with van der Waals surface area (Å²) < 4.78 is 0. The van der Waals surface area contributed by atoms with Crippen molar-refractivity contribution >= 4 is 51.5 Å². The molecule has 0 radical (unpaired) electrons. The number of rotatable bonds is 4. The van der Waals surface area contributed by atoms with E-state index in [1.165, 1.54) is 12.1 Å². The smallest absolute Gasteiger partial charge is 0.274 e. The van der Waals surface area contributed by atoms with E-state index in [1.54, 1.807) is 25.1 Å². The molecule has 2 N–H and O–H groups in total. The van der Waals surface area contributed by atoms with Crippen molar-refractivity contribution in [1.82, 2.24) is 5.32 Å². The van der Waals surface area contributed by atoms with Gasteiger partial charge in [0, 0.05) is 12.1 Å². The summed E-state index contributed by atoms with van der Waals surface area (Å²) in [7, 11) is 0. The van der Waals surface area contributed by atoms with Crippen LogP contribution >= 0.6 is 12.2 Å². The van der Waals surface area contributed by atoms with Crippen LogP contribution in [0.3, 0.4) is 0 Å². The molecule has 0 spiro atoms. The number of carbonyl (C=O) groups excluding carboxylic acids is 1. The zero-order valence-corrected chi connectivity index (χ0v) is 15.8. The molecule has 6 nitrogen and oxygen atoms in total. The lowest BCUT2D eigenvalue weighted by molar-refractivity contribution is -0.385. The van der Waals surface area contributed by atoms with Crippen molar-refractivity contribution in [3.8, 4) is 0 Å². The van der Waals surface area contributed by atoms with E-state index in [2.05, 4.69) is 10.6 Å². The number of carbonyl (C=O) groups is 1. The Morgan fingerprint density at radius 2 is 1.79 bits per heavy atom. The maximum atomic E-state index is 12.2. The molecule has 0 heterocycles. The van der Waals surface area contributed by atoms with Crippen LogP contribution in [0, 0.1) is 17.0 Å². The van der Waals surface area contributed by atoms with Crippen molar-refractivity contribution in [2.24, 2.45) is 0 Å². The summed E-state index contributed by atoms with van der Waals surface area (Å²) >= 11 is 5.14. The fraction of sp³-hybridized carbons (Fsp3) is 0.0476. The van der Waals surface area contributed by atoms with Crippen molar-refractivity contribution in [1.29, 1.82) is 0 Å². The predicted molar refractivity (Wildman–Crippen MR) is 115 cm³/mol. The number of fused-ring (bicyclic) bond motifs is 1. The molecule has 0 aliphatic rings. The van der Waals surface area contributed by atoms with Gasteiger partial charge in [0.1, 0.15) is 0 Å². The predicted octanol–water partition coefficient (Wildman–Crippen LogP) is 4.58. The molecule has 1 amide bonds. The minimum atomic E-state index is -0.463. The molecule has 0 saturated heterocycles.